The fourth-order valence-electron chi connectivity index (χ4n) is 2.31. The first kappa shape index (κ1) is 17.7. The van der Waals surface area contributed by atoms with Crippen LogP contribution in [0.4, 0.5) is 5.69 Å². The number of anilines is 1. The van der Waals surface area contributed by atoms with E-state index in [9.17, 15) is 4.79 Å². The van der Waals surface area contributed by atoms with Gasteiger partial charge in [0.25, 0.3) is 5.91 Å². The number of aryl methyl sites for hydroxylation is 1. The van der Waals surface area contributed by atoms with Crippen LogP contribution in [0.2, 0.25) is 0 Å². The molecule has 0 unspecified atom stereocenters. The van der Waals surface area contributed by atoms with Gasteiger partial charge in [-0.1, -0.05) is 25.1 Å². The first-order valence-electron chi connectivity index (χ1n) is 7.86. The molecule has 0 bridgehead atoms. The Hall–Kier alpha value is -2.69. The summed E-state index contributed by atoms with van der Waals surface area (Å²) in [5.74, 6) is 1.67. The van der Waals surface area contributed by atoms with Crippen molar-refractivity contribution < 1.29 is 19.0 Å². The summed E-state index contributed by atoms with van der Waals surface area (Å²) >= 11 is 0. The minimum atomic E-state index is -0.620. The molecule has 0 aliphatic carbocycles. The summed E-state index contributed by atoms with van der Waals surface area (Å²) in [4.78, 5) is 12.4. The highest BCUT2D eigenvalue weighted by atomic mass is 16.5. The molecule has 128 valence electrons. The highest BCUT2D eigenvalue weighted by Crippen LogP contribution is 2.30. The Balaban J connectivity index is 2.06. The number of ether oxygens (including phenoxy) is 3. The number of carbonyl (C=O) groups is 1. The van der Waals surface area contributed by atoms with Crippen LogP contribution in [0.25, 0.3) is 0 Å². The van der Waals surface area contributed by atoms with Crippen LogP contribution >= 0.6 is 0 Å². The lowest BCUT2D eigenvalue weighted by Gasteiger charge is -2.17. The van der Waals surface area contributed by atoms with Crippen LogP contribution in [-0.4, -0.2) is 26.2 Å². The van der Waals surface area contributed by atoms with Gasteiger partial charge in [0.05, 0.1) is 14.2 Å². The van der Waals surface area contributed by atoms with Gasteiger partial charge in [0.1, 0.15) is 5.75 Å². The predicted molar refractivity (Wildman–Crippen MR) is 94.1 cm³/mol. The van der Waals surface area contributed by atoms with Crippen molar-refractivity contribution in [3.63, 3.8) is 0 Å². The topological polar surface area (TPSA) is 56.8 Å². The smallest absolute Gasteiger partial charge is 0.265 e. The number of benzene rings is 2. The largest absolute Gasteiger partial charge is 0.493 e. The van der Waals surface area contributed by atoms with Crippen LogP contribution in [-0.2, 0) is 11.2 Å². The van der Waals surface area contributed by atoms with Crippen molar-refractivity contribution in [2.75, 3.05) is 19.5 Å². The summed E-state index contributed by atoms with van der Waals surface area (Å²) in [7, 11) is 3.12. The number of amides is 1. The lowest BCUT2D eigenvalue weighted by molar-refractivity contribution is -0.122. The number of carbonyl (C=O) groups excluding carboxylic acids is 1. The molecule has 0 radical (unpaired) electrons. The van der Waals surface area contributed by atoms with E-state index in [0.29, 0.717) is 17.2 Å². The summed E-state index contributed by atoms with van der Waals surface area (Å²) in [6.07, 6.45) is 0.228. The van der Waals surface area contributed by atoms with Crippen molar-refractivity contribution in [3.05, 3.63) is 48.0 Å². The van der Waals surface area contributed by atoms with Crippen LogP contribution in [0.5, 0.6) is 17.2 Å². The Bertz CT molecular complexity index is 700. The van der Waals surface area contributed by atoms with Crippen molar-refractivity contribution in [1.82, 2.24) is 0 Å². The van der Waals surface area contributed by atoms with Gasteiger partial charge in [-0.25, -0.2) is 0 Å². The second kappa shape index (κ2) is 8.24. The molecule has 0 fully saturated rings. The number of nitrogens with one attached hydrogen (secondary N) is 1. The molecule has 2 rings (SSSR count). The maximum atomic E-state index is 12.4. The average Bonchev–Trinajstić information content (AvgIpc) is 2.61. The molecule has 0 saturated heterocycles. The van der Waals surface area contributed by atoms with Gasteiger partial charge in [-0.05, 0) is 37.1 Å². The first-order valence-corrected chi connectivity index (χ1v) is 7.86. The van der Waals surface area contributed by atoms with Crippen LogP contribution in [0, 0.1) is 0 Å². The molecule has 1 atom stereocenters. The van der Waals surface area contributed by atoms with E-state index in [4.69, 9.17) is 14.2 Å². The molecule has 5 nitrogen and oxygen atoms in total. The van der Waals surface area contributed by atoms with Gasteiger partial charge in [0.2, 0.25) is 0 Å². The van der Waals surface area contributed by atoms with E-state index in [2.05, 4.69) is 12.2 Å². The molecule has 1 N–H and O–H groups in total. The standard InChI is InChI=1S/C19H23NO4/c1-5-14-8-6-7-9-16(14)24-13(2)19(21)20-15-10-11-17(22-3)18(12-15)23-4/h6-13H,5H2,1-4H3,(H,20,21)/t13-/m0/s1. The molecule has 0 spiro atoms. The van der Waals surface area contributed by atoms with E-state index >= 15 is 0 Å². The summed E-state index contributed by atoms with van der Waals surface area (Å²) in [5, 5.41) is 2.83. The molecule has 0 saturated carbocycles. The number of methoxy groups -OCH3 is 2. The lowest BCUT2D eigenvalue weighted by Crippen LogP contribution is -2.30. The van der Waals surface area contributed by atoms with Crippen molar-refractivity contribution in [2.45, 2.75) is 26.4 Å². The number of hydrogen-bond acceptors (Lipinski definition) is 4. The van der Waals surface area contributed by atoms with Crippen LogP contribution in [0.15, 0.2) is 42.5 Å². The Labute approximate surface area is 142 Å². The second-order valence-corrected chi connectivity index (χ2v) is 5.28. The monoisotopic (exact) mass is 329 g/mol. The fourth-order valence-corrected chi connectivity index (χ4v) is 2.31. The highest BCUT2D eigenvalue weighted by Gasteiger charge is 2.17. The van der Waals surface area contributed by atoms with Crippen molar-refractivity contribution >= 4 is 11.6 Å². The Kier molecular flexibility index (Phi) is 6.07. The lowest BCUT2D eigenvalue weighted by atomic mass is 10.1. The Morgan fingerprint density at radius 3 is 2.42 bits per heavy atom. The molecular weight excluding hydrogens is 306 g/mol. The summed E-state index contributed by atoms with van der Waals surface area (Å²) < 4.78 is 16.2. The zero-order chi connectivity index (χ0) is 17.5. The molecule has 5 heteroatoms. The van der Waals surface area contributed by atoms with Crippen LogP contribution < -0.4 is 19.5 Å². The summed E-state index contributed by atoms with van der Waals surface area (Å²) in [5.41, 5.74) is 1.69. The maximum Gasteiger partial charge on any atom is 0.265 e. The second-order valence-electron chi connectivity index (χ2n) is 5.28. The number of hydrogen-bond donors (Lipinski definition) is 1. The van der Waals surface area contributed by atoms with Gasteiger partial charge in [-0.15, -0.1) is 0 Å². The van der Waals surface area contributed by atoms with Crippen LogP contribution in [0.1, 0.15) is 19.4 Å². The molecule has 24 heavy (non-hydrogen) atoms. The molecule has 2 aromatic carbocycles. The molecule has 1 amide bonds. The third-order valence-electron chi connectivity index (χ3n) is 3.68. The van der Waals surface area contributed by atoms with Gasteiger partial charge in [0.15, 0.2) is 17.6 Å². The SMILES string of the molecule is CCc1ccccc1O[C@@H](C)C(=O)Nc1ccc(OC)c(OC)c1. The van der Waals surface area contributed by atoms with Gasteiger partial charge in [-0.3, -0.25) is 4.79 Å². The molecule has 0 aromatic heterocycles. The fraction of sp³-hybridized carbons (Fsp3) is 0.316. The highest BCUT2D eigenvalue weighted by molar-refractivity contribution is 5.94. The normalized spacial score (nSPS) is 11.5. The molecular formula is C19H23NO4. The third-order valence-corrected chi connectivity index (χ3v) is 3.68. The van der Waals surface area contributed by atoms with Gasteiger partial charge in [0, 0.05) is 11.8 Å². The molecule has 0 heterocycles. The zero-order valence-electron chi connectivity index (χ0n) is 14.5. The summed E-state index contributed by atoms with van der Waals surface area (Å²) in [6, 6.07) is 12.9. The van der Waals surface area contributed by atoms with Gasteiger partial charge >= 0.3 is 0 Å². The van der Waals surface area contributed by atoms with E-state index in [1.54, 1.807) is 39.3 Å². The Morgan fingerprint density at radius 2 is 1.75 bits per heavy atom. The zero-order valence-corrected chi connectivity index (χ0v) is 14.5. The van der Waals surface area contributed by atoms with Gasteiger partial charge in [-0.2, -0.15) is 0 Å². The first-order chi connectivity index (χ1) is 11.6. The Morgan fingerprint density at radius 1 is 1.04 bits per heavy atom. The average molecular weight is 329 g/mol. The van der Waals surface area contributed by atoms with Crippen molar-refractivity contribution in [3.8, 4) is 17.2 Å². The minimum Gasteiger partial charge on any atom is -0.493 e. The van der Waals surface area contributed by atoms with E-state index in [-0.39, 0.29) is 5.91 Å². The number of rotatable bonds is 7. The predicted octanol–water partition coefficient (Wildman–Crippen LogP) is 3.67. The summed E-state index contributed by atoms with van der Waals surface area (Å²) in [6.45, 7) is 3.78. The maximum absolute atomic E-state index is 12.4. The number of para-hydroxylation sites is 1. The van der Waals surface area contributed by atoms with E-state index < -0.39 is 6.10 Å². The van der Waals surface area contributed by atoms with Gasteiger partial charge < -0.3 is 19.5 Å². The third kappa shape index (κ3) is 4.19. The van der Waals surface area contributed by atoms with E-state index in [1.165, 1.54) is 0 Å². The van der Waals surface area contributed by atoms with E-state index in [0.717, 1.165) is 17.7 Å². The minimum absolute atomic E-state index is 0.229. The van der Waals surface area contributed by atoms with Crippen molar-refractivity contribution in [1.29, 1.82) is 0 Å². The van der Waals surface area contributed by atoms with E-state index in [1.807, 2.05) is 24.3 Å². The molecule has 2 aromatic rings. The molecule has 0 aliphatic heterocycles. The van der Waals surface area contributed by atoms with Crippen molar-refractivity contribution in [2.24, 2.45) is 0 Å². The quantitative estimate of drug-likeness (QED) is 0.842. The van der Waals surface area contributed by atoms with Crippen LogP contribution in [0.3, 0.4) is 0 Å². The molecule has 0 aliphatic rings.